The van der Waals surface area contributed by atoms with E-state index in [1.807, 2.05) is 6.92 Å². The van der Waals surface area contributed by atoms with Crippen molar-refractivity contribution in [1.29, 1.82) is 0 Å². The maximum absolute atomic E-state index is 13.1. The van der Waals surface area contributed by atoms with Crippen molar-refractivity contribution in [2.75, 3.05) is 0 Å². The van der Waals surface area contributed by atoms with Gasteiger partial charge in [-0.1, -0.05) is 30.3 Å². The lowest BCUT2D eigenvalue weighted by Gasteiger charge is -2.46. The van der Waals surface area contributed by atoms with Crippen molar-refractivity contribution in [3.05, 3.63) is 35.9 Å². The zero-order valence-corrected chi connectivity index (χ0v) is 18.5. The van der Waals surface area contributed by atoms with Crippen LogP contribution >= 0.6 is 11.8 Å². The molecule has 9 nitrogen and oxygen atoms in total. The summed E-state index contributed by atoms with van der Waals surface area (Å²) in [7, 11) is 0. The number of benzene rings is 1. The number of carbonyl (C=O) groups excluding carboxylic acids is 3. The average molecular weight is 448 g/mol. The summed E-state index contributed by atoms with van der Waals surface area (Å²) in [6, 6.07) is 6.73. The minimum Gasteiger partial charge on any atom is -0.479 e. The number of aliphatic carboxylic acids is 1. The van der Waals surface area contributed by atoms with Crippen molar-refractivity contribution >= 4 is 35.6 Å². The predicted octanol–water partition coefficient (Wildman–Crippen LogP) is 1.64. The zero-order chi connectivity index (χ0) is 22.8. The number of carboxylic acids is 1. The Morgan fingerprint density at radius 3 is 2.48 bits per heavy atom. The summed E-state index contributed by atoms with van der Waals surface area (Å²) < 4.78 is 4.72. The number of rotatable bonds is 5. The number of alkyl carbamates (subject to hydrolysis) is 1. The molecule has 3 N–H and O–H groups in total. The third kappa shape index (κ3) is 3.33. The molecule has 2 heterocycles. The van der Waals surface area contributed by atoms with Crippen molar-refractivity contribution in [1.82, 2.24) is 15.5 Å². The van der Waals surface area contributed by atoms with Gasteiger partial charge in [-0.3, -0.25) is 9.59 Å². The summed E-state index contributed by atoms with van der Waals surface area (Å²) >= 11 is 1.40. The first-order valence-corrected chi connectivity index (χ1v) is 10.9. The lowest BCUT2D eigenvalue weighted by atomic mass is 9.99. The molecular weight excluding hydrogens is 422 g/mol. The van der Waals surface area contributed by atoms with Crippen LogP contribution < -0.4 is 10.6 Å². The molecule has 0 radical (unpaired) electrons. The monoisotopic (exact) mass is 447 g/mol. The van der Waals surface area contributed by atoms with Crippen LogP contribution in [0, 0.1) is 0 Å². The topological polar surface area (TPSA) is 125 Å². The van der Waals surface area contributed by atoms with Crippen molar-refractivity contribution < 1.29 is 29.0 Å². The molecule has 31 heavy (non-hydrogen) atoms. The van der Waals surface area contributed by atoms with Crippen molar-refractivity contribution in [2.24, 2.45) is 0 Å². The van der Waals surface area contributed by atoms with Crippen LogP contribution in [-0.2, 0) is 19.1 Å². The fourth-order valence-corrected chi connectivity index (χ4v) is 6.24. The molecule has 3 unspecified atom stereocenters. The van der Waals surface area contributed by atoms with Gasteiger partial charge in [0.15, 0.2) is 5.54 Å². The van der Waals surface area contributed by atoms with Gasteiger partial charge in [0.1, 0.15) is 23.1 Å². The highest BCUT2D eigenvalue weighted by Gasteiger charge is 2.85. The van der Waals surface area contributed by atoms with Crippen LogP contribution in [-0.4, -0.2) is 61.2 Å². The van der Waals surface area contributed by atoms with E-state index in [2.05, 4.69) is 10.6 Å². The van der Waals surface area contributed by atoms with Gasteiger partial charge < -0.3 is 25.4 Å². The Kier molecular flexibility index (Phi) is 4.77. The maximum Gasteiger partial charge on any atom is 0.408 e. The van der Waals surface area contributed by atoms with Gasteiger partial charge in [0, 0.05) is 6.42 Å². The molecule has 166 valence electrons. The molecule has 0 bridgehead atoms. The fraction of sp³-hybridized carbons (Fsp3) is 0.524. The minimum absolute atomic E-state index is 0.399. The molecule has 0 aromatic heterocycles. The van der Waals surface area contributed by atoms with E-state index in [1.165, 1.54) is 16.7 Å². The Balaban J connectivity index is 1.50. The number of β-lactam (4-membered cyclic amide) rings is 1. The third-order valence-electron chi connectivity index (χ3n) is 5.89. The fourth-order valence-electron chi connectivity index (χ4n) is 4.33. The second kappa shape index (κ2) is 6.88. The highest BCUT2D eigenvalue weighted by atomic mass is 32.2. The van der Waals surface area contributed by atoms with E-state index in [9.17, 15) is 24.3 Å². The predicted molar refractivity (Wildman–Crippen MR) is 112 cm³/mol. The lowest BCUT2D eigenvalue weighted by molar-refractivity contribution is -0.163. The molecule has 5 atom stereocenters. The van der Waals surface area contributed by atoms with Crippen LogP contribution in [0.4, 0.5) is 4.79 Å². The number of fused-ring (bicyclic) bond motifs is 3. The number of ether oxygens (including phenoxy) is 1. The Bertz CT molecular complexity index is 964. The highest BCUT2D eigenvalue weighted by Crippen LogP contribution is 2.71. The van der Waals surface area contributed by atoms with E-state index < -0.39 is 57.2 Å². The van der Waals surface area contributed by atoms with E-state index in [4.69, 9.17) is 4.74 Å². The number of hydrogen-bond donors (Lipinski definition) is 3. The summed E-state index contributed by atoms with van der Waals surface area (Å²) in [6.07, 6.45) is -0.359. The summed E-state index contributed by atoms with van der Waals surface area (Å²) in [5.41, 5.74) is -1.40. The molecule has 10 heteroatoms. The smallest absolute Gasteiger partial charge is 0.408 e. The van der Waals surface area contributed by atoms with Gasteiger partial charge in [-0.05, 0) is 33.3 Å². The molecule has 1 aliphatic carbocycles. The largest absolute Gasteiger partial charge is 0.479 e. The molecule has 1 saturated carbocycles. The van der Waals surface area contributed by atoms with Gasteiger partial charge in [0.25, 0.3) is 0 Å². The molecule has 3 fully saturated rings. The maximum atomic E-state index is 13.1. The van der Waals surface area contributed by atoms with Crippen LogP contribution in [0.5, 0.6) is 0 Å². The molecule has 0 spiro atoms. The molecule has 1 aromatic carbocycles. The van der Waals surface area contributed by atoms with E-state index in [0.29, 0.717) is 12.0 Å². The first-order chi connectivity index (χ1) is 14.4. The van der Waals surface area contributed by atoms with Gasteiger partial charge >= 0.3 is 12.1 Å². The molecule has 4 rings (SSSR count). The summed E-state index contributed by atoms with van der Waals surface area (Å²) in [5.74, 6) is -2.00. The molecule has 1 aromatic rings. The van der Waals surface area contributed by atoms with E-state index in [-0.39, 0.29) is 0 Å². The summed E-state index contributed by atoms with van der Waals surface area (Å²) in [4.78, 5) is 51.3. The lowest BCUT2D eigenvalue weighted by Crippen LogP contribution is -2.72. The van der Waals surface area contributed by atoms with Crippen LogP contribution in [0.2, 0.25) is 0 Å². The Labute approximate surface area is 183 Å². The van der Waals surface area contributed by atoms with Crippen molar-refractivity contribution in [3.63, 3.8) is 0 Å². The van der Waals surface area contributed by atoms with Crippen LogP contribution in [0.25, 0.3) is 0 Å². The van der Waals surface area contributed by atoms with Crippen molar-refractivity contribution in [3.8, 4) is 0 Å². The van der Waals surface area contributed by atoms with Crippen molar-refractivity contribution in [2.45, 2.75) is 67.5 Å². The minimum atomic E-state index is -1.19. The Hall–Kier alpha value is -2.75. The third-order valence-corrected chi connectivity index (χ3v) is 7.61. The standard InChI is InChI=1S/C21H25N3O6S/c1-19(2,3)30-18(29)23-12(11-8-6-5-7-9-11)14(25)22-13-15(26)24-16(13)31-20(4)10-21(20,24)17(27)28/h5-9,12-13,16H,10H2,1-4H3,(H,22,25)(H,23,29)(H,27,28)/t12-,13?,16-,20?,21?/m0/s1. The van der Waals surface area contributed by atoms with E-state index in [0.717, 1.165) is 0 Å². The summed E-state index contributed by atoms with van der Waals surface area (Å²) in [6.45, 7) is 6.97. The number of carboxylic acid groups (broad SMARTS) is 1. The first kappa shape index (κ1) is 21.5. The van der Waals surface area contributed by atoms with Gasteiger partial charge in [-0.15, -0.1) is 11.8 Å². The Morgan fingerprint density at radius 1 is 1.26 bits per heavy atom. The van der Waals surface area contributed by atoms with Crippen LogP contribution in [0.3, 0.4) is 0 Å². The van der Waals surface area contributed by atoms with E-state index in [1.54, 1.807) is 51.1 Å². The number of nitrogens with one attached hydrogen (secondary N) is 2. The second-order valence-corrected chi connectivity index (χ2v) is 10.9. The summed E-state index contributed by atoms with van der Waals surface area (Å²) in [5, 5.41) is 14.5. The molecule has 3 amide bonds. The number of amides is 3. The van der Waals surface area contributed by atoms with E-state index >= 15 is 0 Å². The molecule has 2 saturated heterocycles. The zero-order valence-electron chi connectivity index (χ0n) is 17.7. The van der Waals surface area contributed by atoms with Gasteiger partial charge in [-0.25, -0.2) is 9.59 Å². The molecular formula is C21H25N3O6S. The second-order valence-electron chi connectivity index (χ2n) is 9.27. The Morgan fingerprint density at radius 2 is 1.90 bits per heavy atom. The van der Waals surface area contributed by atoms with Gasteiger partial charge in [0.05, 0.1) is 4.75 Å². The van der Waals surface area contributed by atoms with Crippen LogP contribution in [0.15, 0.2) is 30.3 Å². The average Bonchev–Trinajstić information content (AvgIpc) is 3.21. The number of hydrogen-bond acceptors (Lipinski definition) is 6. The van der Waals surface area contributed by atoms with Crippen LogP contribution in [0.1, 0.15) is 45.7 Å². The number of nitrogens with zero attached hydrogens (tertiary/aromatic N) is 1. The number of thioether (sulfide) groups is 1. The molecule has 2 aliphatic heterocycles. The highest BCUT2D eigenvalue weighted by molar-refractivity contribution is 8.02. The molecule has 3 aliphatic rings. The quantitative estimate of drug-likeness (QED) is 0.586. The normalized spacial score (nSPS) is 31.6. The SMILES string of the molecule is CC(C)(C)OC(=O)N[C@H](C(=O)NC1C(=O)N2[C@H]1SC1(C)CC21C(=O)O)c1ccccc1. The number of carbonyl (C=O) groups is 4. The van der Waals surface area contributed by atoms with Gasteiger partial charge in [0.2, 0.25) is 11.8 Å². The van der Waals surface area contributed by atoms with Gasteiger partial charge in [-0.2, -0.15) is 0 Å². The first-order valence-electron chi connectivity index (χ1n) is 9.99.